The Morgan fingerprint density at radius 3 is 3.15 bits per heavy atom. The Morgan fingerprint density at radius 1 is 1.62 bits per heavy atom. The van der Waals surface area contributed by atoms with E-state index in [0.29, 0.717) is 0 Å². The van der Waals surface area contributed by atoms with Crippen molar-refractivity contribution >= 4 is 21.6 Å². The Balaban J connectivity index is 2.41. The fourth-order valence-electron chi connectivity index (χ4n) is 0.975. The van der Waals surface area contributed by atoms with Crippen LogP contribution in [0.25, 0.3) is 0 Å². The van der Waals surface area contributed by atoms with Crippen molar-refractivity contribution in [2.24, 2.45) is 0 Å². The molecule has 1 N–H and O–H groups in total. The molecule has 13 heavy (non-hydrogen) atoms. The molecule has 0 bridgehead atoms. The van der Waals surface area contributed by atoms with Crippen molar-refractivity contribution < 1.29 is 0 Å². The minimum absolute atomic E-state index is 0.951. The number of aromatic nitrogens is 1. The largest absolute Gasteiger partial charge is 0.384 e. The van der Waals surface area contributed by atoms with E-state index in [2.05, 4.69) is 38.4 Å². The molecule has 0 aromatic carbocycles. The molecule has 0 saturated heterocycles. The molecule has 0 spiro atoms. The summed E-state index contributed by atoms with van der Waals surface area (Å²) < 4.78 is 1.01. The van der Waals surface area contributed by atoms with Crippen LogP contribution in [0.3, 0.4) is 0 Å². The number of nitrogens with one attached hydrogen (secondary N) is 1. The van der Waals surface area contributed by atoms with Crippen molar-refractivity contribution in [3.05, 3.63) is 35.1 Å². The van der Waals surface area contributed by atoms with Crippen LogP contribution in [0.15, 0.2) is 35.1 Å². The molecule has 0 radical (unpaired) electrons. The molecule has 1 aromatic rings. The molecule has 0 unspecified atom stereocenters. The molecule has 0 aliphatic rings. The van der Waals surface area contributed by atoms with Gasteiger partial charge in [0.2, 0.25) is 0 Å². The van der Waals surface area contributed by atoms with Crippen LogP contribution in [0.1, 0.15) is 13.3 Å². The Kier molecular flexibility index (Phi) is 4.54. The van der Waals surface area contributed by atoms with Gasteiger partial charge in [-0.15, -0.1) is 0 Å². The van der Waals surface area contributed by atoms with Crippen LogP contribution in [-0.2, 0) is 0 Å². The zero-order valence-corrected chi connectivity index (χ0v) is 9.21. The first-order valence-electron chi connectivity index (χ1n) is 4.29. The first kappa shape index (κ1) is 10.3. The maximum absolute atomic E-state index is 3.99. The molecule has 0 aliphatic carbocycles. The third-order valence-corrected chi connectivity index (χ3v) is 2.27. The second-order valence-electron chi connectivity index (χ2n) is 2.64. The van der Waals surface area contributed by atoms with Crippen LogP contribution in [0, 0.1) is 0 Å². The lowest BCUT2D eigenvalue weighted by molar-refractivity contribution is 1.06. The van der Waals surface area contributed by atoms with Gasteiger partial charge in [-0.05, 0) is 35.3 Å². The van der Waals surface area contributed by atoms with E-state index in [1.807, 2.05) is 13.0 Å². The van der Waals surface area contributed by atoms with Gasteiger partial charge >= 0.3 is 0 Å². The number of hydrogen-bond donors (Lipinski definition) is 1. The Hall–Kier alpha value is -0.830. The summed E-state index contributed by atoms with van der Waals surface area (Å²) in [5, 5.41) is 3.31. The summed E-state index contributed by atoms with van der Waals surface area (Å²) in [5.74, 6) is 0. The van der Waals surface area contributed by atoms with Gasteiger partial charge in [0.05, 0.1) is 10.2 Å². The third-order valence-electron chi connectivity index (χ3n) is 1.63. The summed E-state index contributed by atoms with van der Waals surface area (Å²) in [6.45, 7) is 2.98. The van der Waals surface area contributed by atoms with Gasteiger partial charge in [0.1, 0.15) is 0 Å². The number of allylic oxidation sites excluding steroid dienone is 1. The quantitative estimate of drug-likeness (QED) is 0.646. The zero-order chi connectivity index (χ0) is 9.52. The maximum atomic E-state index is 3.99. The van der Waals surface area contributed by atoms with Gasteiger partial charge in [0.15, 0.2) is 0 Å². The first-order chi connectivity index (χ1) is 6.34. The molecule has 70 valence electrons. The van der Waals surface area contributed by atoms with Crippen LogP contribution in [0.5, 0.6) is 0 Å². The fraction of sp³-hybridized carbons (Fsp3) is 0.300. The molecule has 2 nitrogen and oxygen atoms in total. The summed E-state index contributed by atoms with van der Waals surface area (Å²) in [6, 6.07) is 1.96. The van der Waals surface area contributed by atoms with E-state index >= 15 is 0 Å². The van der Waals surface area contributed by atoms with E-state index in [9.17, 15) is 0 Å². The highest BCUT2D eigenvalue weighted by Gasteiger charge is 1.95. The molecule has 0 atom stereocenters. The highest BCUT2D eigenvalue weighted by Crippen LogP contribution is 2.19. The lowest BCUT2D eigenvalue weighted by atomic mass is 10.3. The molecule has 0 aliphatic heterocycles. The Bertz CT molecular complexity index is 284. The number of hydrogen-bond acceptors (Lipinski definition) is 2. The molecule has 0 amide bonds. The molecule has 1 aromatic heterocycles. The number of rotatable bonds is 4. The van der Waals surface area contributed by atoms with E-state index in [1.54, 1.807) is 12.4 Å². The van der Waals surface area contributed by atoms with E-state index < -0.39 is 0 Å². The molecular formula is C10H13BrN2. The van der Waals surface area contributed by atoms with Gasteiger partial charge in [0, 0.05) is 18.9 Å². The van der Waals surface area contributed by atoms with E-state index in [0.717, 1.165) is 23.1 Å². The van der Waals surface area contributed by atoms with Crippen molar-refractivity contribution in [2.75, 3.05) is 11.9 Å². The smallest absolute Gasteiger partial charge is 0.0590 e. The summed E-state index contributed by atoms with van der Waals surface area (Å²) in [5.41, 5.74) is 1.10. The van der Waals surface area contributed by atoms with Crippen molar-refractivity contribution in [1.82, 2.24) is 4.98 Å². The van der Waals surface area contributed by atoms with Gasteiger partial charge in [0.25, 0.3) is 0 Å². The highest BCUT2D eigenvalue weighted by atomic mass is 79.9. The average molecular weight is 241 g/mol. The van der Waals surface area contributed by atoms with Crippen molar-refractivity contribution in [1.29, 1.82) is 0 Å². The van der Waals surface area contributed by atoms with E-state index in [4.69, 9.17) is 0 Å². The average Bonchev–Trinajstić information content (AvgIpc) is 2.15. The van der Waals surface area contributed by atoms with Crippen LogP contribution in [-0.4, -0.2) is 11.5 Å². The first-order valence-corrected chi connectivity index (χ1v) is 5.08. The van der Waals surface area contributed by atoms with Gasteiger partial charge in [-0.1, -0.05) is 12.2 Å². The molecule has 0 saturated carbocycles. The molecule has 1 rings (SSSR count). The van der Waals surface area contributed by atoms with Crippen LogP contribution in [0.2, 0.25) is 0 Å². The maximum Gasteiger partial charge on any atom is 0.0590 e. The summed E-state index contributed by atoms with van der Waals surface area (Å²) in [4.78, 5) is 3.99. The number of pyridine rings is 1. The lowest BCUT2D eigenvalue weighted by Crippen LogP contribution is -2.00. The standard InChI is InChI=1S/C10H13BrN2/c1-2-3-4-6-13-10-5-7-12-8-9(10)11/h2-3,5,7-8H,4,6H2,1H3,(H,12,13)/b3-2+. The fourth-order valence-corrected chi connectivity index (χ4v) is 1.37. The normalized spacial score (nSPS) is 10.6. The summed E-state index contributed by atoms with van der Waals surface area (Å²) >= 11 is 3.42. The lowest BCUT2D eigenvalue weighted by Gasteiger charge is -2.05. The van der Waals surface area contributed by atoms with Crippen LogP contribution >= 0.6 is 15.9 Å². The molecule has 3 heteroatoms. The Morgan fingerprint density at radius 2 is 2.46 bits per heavy atom. The second kappa shape index (κ2) is 5.75. The van der Waals surface area contributed by atoms with Gasteiger partial charge in [-0.25, -0.2) is 0 Å². The van der Waals surface area contributed by atoms with Crippen LogP contribution < -0.4 is 5.32 Å². The van der Waals surface area contributed by atoms with Gasteiger partial charge < -0.3 is 5.32 Å². The second-order valence-corrected chi connectivity index (χ2v) is 3.49. The minimum Gasteiger partial charge on any atom is -0.384 e. The van der Waals surface area contributed by atoms with Gasteiger partial charge in [-0.2, -0.15) is 0 Å². The molecule has 1 heterocycles. The summed E-state index contributed by atoms with van der Waals surface area (Å²) in [6.07, 6.45) is 8.82. The SMILES string of the molecule is C/C=C/CCNc1ccncc1Br. The van der Waals surface area contributed by atoms with Crippen LogP contribution in [0.4, 0.5) is 5.69 Å². The van der Waals surface area contributed by atoms with Crippen molar-refractivity contribution in [2.45, 2.75) is 13.3 Å². The molecule has 0 fully saturated rings. The molecular weight excluding hydrogens is 228 g/mol. The number of nitrogens with zero attached hydrogens (tertiary/aromatic N) is 1. The van der Waals surface area contributed by atoms with E-state index in [1.165, 1.54) is 0 Å². The minimum atomic E-state index is 0.951. The third kappa shape index (κ3) is 3.59. The van der Waals surface area contributed by atoms with Gasteiger partial charge in [-0.3, -0.25) is 4.98 Å². The number of anilines is 1. The highest BCUT2D eigenvalue weighted by molar-refractivity contribution is 9.10. The predicted octanol–water partition coefficient (Wildman–Crippen LogP) is 3.22. The van der Waals surface area contributed by atoms with Crippen molar-refractivity contribution in [3.8, 4) is 0 Å². The van der Waals surface area contributed by atoms with Crippen molar-refractivity contribution in [3.63, 3.8) is 0 Å². The topological polar surface area (TPSA) is 24.9 Å². The summed E-state index contributed by atoms with van der Waals surface area (Å²) in [7, 11) is 0. The Labute approximate surface area is 87.2 Å². The monoisotopic (exact) mass is 240 g/mol. The predicted molar refractivity (Wildman–Crippen MR) is 59.9 cm³/mol. The number of halogens is 1. The van der Waals surface area contributed by atoms with E-state index in [-0.39, 0.29) is 0 Å². The zero-order valence-electron chi connectivity index (χ0n) is 7.63.